The van der Waals surface area contributed by atoms with Crippen molar-refractivity contribution in [3.63, 3.8) is 0 Å². The standard InChI is InChI=1S/C19H25FN4O4/c1-14(25)23-9-11-24(12-10-23)19(28)8-7-18(27)22(2)13-17(26)21-16-5-3-15(20)4-6-16/h3-6H,7-13H2,1-2H3,(H,21,26). The van der Waals surface area contributed by atoms with E-state index in [2.05, 4.69) is 5.32 Å². The number of benzene rings is 1. The Morgan fingerprint density at radius 2 is 1.57 bits per heavy atom. The number of anilines is 1. The van der Waals surface area contributed by atoms with Gasteiger partial charge in [0.15, 0.2) is 0 Å². The maximum atomic E-state index is 12.9. The lowest BCUT2D eigenvalue weighted by Gasteiger charge is -2.34. The highest BCUT2D eigenvalue weighted by molar-refractivity contribution is 5.94. The van der Waals surface area contributed by atoms with Crippen LogP contribution in [0.3, 0.4) is 0 Å². The number of nitrogens with one attached hydrogen (secondary N) is 1. The molecule has 28 heavy (non-hydrogen) atoms. The van der Waals surface area contributed by atoms with Gasteiger partial charge in [-0.05, 0) is 24.3 Å². The Kier molecular flexibility index (Phi) is 7.48. The zero-order chi connectivity index (χ0) is 20.7. The average Bonchev–Trinajstić information content (AvgIpc) is 2.67. The topological polar surface area (TPSA) is 90.0 Å². The summed E-state index contributed by atoms with van der Waals surface area (Å²) >= 11 is 0. The molecular weight excluding hydrogens is 367 g/mol. The van der Waals surface area contributed by atoms with Crippen molar-refractivity contribution in [2.75, 3.05) is 45.1 Å². The Morgan fingerprint density at radius 3 is 2.14 bits per heavy atom. The van der Waals surface area contributed by atoms with Crippen molar-refractivity contribution in [1.29, 1.82) is 0 Å². The Balaban J connectivity index is 1.71. The van der Waals surface area contributed by atoms with Gasteiger partial charge in [-0.15, -0.1) is 0 Å². The Labute approximate surface area is 163 Å². The molecule has 1 aliphatic rings. The van der Waals surface area contributed by atoms with Crippen LogP contribution in [0.2, 0.25) is 0 Å². The van der Waals surface area contributed by atoms with Gasteiger partial charge in [-0.2, -0.15) is 0 Å². The van der Waals surface area contributed by atoms with Crippen LogP contribution in [-0.4, -0.2) is 78.1 Å². The summed E-state index contributed by atoms with van der Waals surface area (Å²) in [6.45, 7) is 3.25. The first kappa shape index (κ1) is 21.3. The van der Waals surface area contributed by atoms with E-state index in [1.807, 2.05) is 0 Å². The van der Waals surface area contributed by atoms with Crippen LogP contribution in [0.4, 0.5) is 10.1 Å². The highest BCUT2D eigenvalue weighted by atomic mass is 19.1. The molecule has 0 aliphatic carbocycles. The lowest BCUT2D eigenvalue weighted by atomic mass is 10.2. The summed E-state index contributed by atoms with van der Waals surface area (Å²) in [5.74, 6) is -1.28. The number of halogens is 1. The molecule has 0 saturated carbocycles. The summed E-state index contributed by atoms with van der Waals surface area (Å²) in [7, 11) is 1.49. The molecule has 0 radical (unpaired) electrons. The third kappa shape index (κ3) is 6.33. The molecule has 0 spiro atoms. The Bertz CT molecular complexity index is 730. The van der Waals surface area contributed by atoms with Crippen LogP contribution in [-0.2, 0) is 19.2 Å². The van der Waals surface area contributed by atoms with Crippen molar-refractivity contribution >= 4 is 29.3 Å². The number of carbonyl (C=O) groups is 4. The molecule has 1 heterocycles. The second-order valence-electron chi connectivity index (χ2n) is 6.69. The number of carbonyl (C=O) groups excluding carboxylic acids is 4. The fourth-order valence-corrected chi connectivity index (χ4v) is 2.87. The number of nitrogens with zero attached hydrogens (tertiary/aromatic N) is 3. The van der Waals surface area contributed by atoms with Gasteiger partial charge < -0.3 is 20.0 Å². The fraction of sp³-hybridized carbons (Fsp3) is 0.474. The Morgan fingerprint density at radius 1 is 1.00 bits per heavy atom. The largest absolute Gasteiger partial charge is 0.339 e. The molecule has 0 aromatic heterocycles. The van der Waals surface area contributed by atoms with Gasteiger partial charge >= 0.3 is 0 Å². The molecule has 1 aromatic rings. The van der Waals surface area contributed by atoms with Gasteiger partial charge in [0.2, 0.25) is 23.6 Å². The summed E-state index contributed by atoms with van der Waals surface area (Å²) in [6, 6.07) is 5.32. The molecule has 0 bridgehead atoms. The van der Waals surface area contributed by atoms with Crippen LogP contribution in [0.15, 0.2) is 24.3 Å². The van der Waals surface area contributed by atoms with Crippen molar-refractivity contribution in [2.45, 2.75) is 19.8 Å². The minimum absolute atomic E-state index is 0.00604. The van der Waals surface area contributed by atoms with Gasteiger partial charge in [0, 0.05) is 58.7 Å². The predicted octanol–water partition coefficient (Wildman–Crippen LogP) is 0.694. The van der Waals surface area contributed by atoms with Gasteiger partial charge in [-0.3, -0.25) is 19.2 Å². The quantitative estimate of drug-likeness (QED) is 0.772. The maximum absolute atomic E-state index is 12.9. The fourth-order valence-electron chi connectivity index (χ4n) is 2.87. The van der Waals surface area contributed by atoms with E-state index < -0.39 is 11.7 Å². The number of rotatable bonds is 6. The zero-order valence-electron chi connectivity index (χ0n) is 16.1. The smallest absolute Gasteiger partial charge is 0.243 e. The second kappa shape index (κ2) is 9.82. The summed E-state index contributed by atoms with van der Waals surface area (Å²) in [6.07, 6.45) is 0.0644. The van der Waals surface area contributed by atoms with Crippen LogP contribution >= 0.6 is 0 Å². The van der Waals surface area contributed by atoms with Crippen LogP contribution in [0.5, 0.6) is 0 Å². The molecule has 1 fully saturated rings. The van der Waals surface area contributed by atoms with Crippen LogP contribution < -0.4 is 5.32 Å². The Hall–Kier alpha value is -2.97. The molecule has 2 rings (SSSR count). The third-order valence-corrected chi connectivity index (χ3v) is 4.56. The van der Waals surface area contributed by atoms with Crippen LogP contribution in [0.1, 0.15) is 19.8 Å². The summed E-state index contributed by atoms with van der Waals surface area (Å²) in [5.41, 5.74) is 0.437. The first-order valence-electron chi connectivity index (χ1n) is 9.09. The van der Waals surface area contributed by atoms with Gasteiger partial charge in [-0.25, -0.2) is 4.39 Å². The normalized spacial score (nSPS) is 13.8. The first-order chi connectivity index (χ1) is 13.3. The molecule has 1 aromatic carbocycles. The highest BCUT2D eigenvalue weighted by Gasteiger charge is 2.23. The van der Waals surface area contributed by atoms with Crippen molar-refractivity contribution < 1.29 is 23.6 Å². The van der Waals surface area contributed by atoms with E-state index in [1.165, 1.54) is 43.1 Å². The summed E-state index contributed by atoms with van der Waals surface area (Å²) in [5, 5.41) is 2.58. The van der Waals surface area contributed by atoms with E-state index in [9.17, 15) is 23.6 Å². The minimum Gasteiger partial charge on any atom is -0.339 e. The maximum Gasteiger partial charge on any atom is 0.243 e. The van der Waals surface area contributed by atoms with E-state index in [4.69, 9.17) is 0 Å². The third-order valence-electron chi connectivity index (χ3n) is 4.56. The van der Waals surface area contributed by atoms with E-state index in [-0.39, 0.29) is 37.1 Å². The number of hydrogen-bond donors (Lipinski definition) is 1. The molecule has 1 aliphatic heterocycles. The van der Waals surface area contributed by atoms with E-state index >= 15 is 0 Å². The molecular formula is C19H25FN4O4. The summed E-state index contributed by atoms with van der Waals surface area (Å²) < 4.78 is 12.9. The molecule has 4 amide bonds. The van der Waals surface area contributed by atoms with Crippen molar-refractivity contribution in [3.05, 3.63) is 30.1 Å². The molecule has 1 saturated heterocycles. The van der Waals surface area contributed by atoms with Crippen molar-refractivity contribution in [2.24, 2.45) is 0 Å². The minimum atomic E-state index is -0.408. The van der Waals surface area contributed by atoms with E-state index in [0.717, 1.165) is 0 Å². The molecule has 1 N–H and O–H groups in total. The summed E-state index contributed by atoms with van der Waals surface area (Å²) in [4.78, 5) is 52.3. The lowest BCUT2D eigenvalue weighted by molar-refractivity contribution is -0.140. The van der Waals surface area contributed by atoms with Crippen molar-refractivity contribution in [3.8, 4) is 0 Å². The van der Waals surface area contributed by atoms with Crippen molar-refractivity contribution in [1.82, 2.24) is 14.7 Å². The first-order valence-corrected chi connectivity index (χ1v) is 9.09. The number of amides is 4. The van der Waals surface area contributed by atoms with Gasteiger partial charge in [0.25, 0.3) is 0 Å². The number of hydrogen-bond acceptors (Lipinski definition) is 4. The molecule has 152 valence electrons. The highest BCUT2D eigenvalue weighted by Crippen LogP contribution is 2.09. The van der Waals surface area contributed by atoms with E-state index in [0.29, 0.717) is 31.9 Å². The van der Waals surface area contributed by atoms with E-state index in [1.54, 1.807) is 9.80 Å². The zero-order valence-corrected chi connectivity index (χ0v) is 16.1. The lowest BCUT2D eigenvalue weighted by Crippen LogP contribution is -2.50. The molecule has 0 unspecified atom stereocenters. The van der Waals surface area contributed by atoms with Crippen LogP contribution in [0, 0.1) is 5.82 Å². The number of likely N-dealkylation sites (N-methyl/N-ethyl adjacent to an activating group) is 1. The van der Waals surface area contributed by atoms with Gasteiger partial charge in [0.1, 0.15) is 5.82 Å². The monoisotopic (exact) mass is 392 g/mol. The SMILES string of the molecule is CC(=O)N1CCN(C(=O)CCC(=O)N(C)CC(=O)Nc2ccc(F)cc2)CC1. The molecule has 8 nitrogen and oxygen atoms in total. The second-order valence-corrected chi connectivity index (χ2v) is 6.69. The van der Waals surface area contributed by atoms with Crippen LogP contribution in [0.25, 0.3) is 0 Å². The molecule has 0 atom stereocenters. The molecule has 9 heteroatoms. The van der Waals surface area contributed by atoms with Gasteiger partial charge in [-0.1, -0.05) is 0 Å². The predicted molar refractivity (Wildman–Crippen MR) is 101 cm³/mol. The van der Waals surface area contributed by atoms with Gasteiger partial charge in [0.05, 0.1) is 6.54 Å². The number of piperazine rings is 1. The average molecular weight is 392 g/mol.